The van der Waals surface area contributed by atoms with Gasteiger partial charge >= 0.3 is 0 Å². The summed E-state index contributed by atoms with van der Waals surface area (Å²) in [4.78, 5) is 16.4. The van der Waals surface area contributed by atoms with Crippen LogP contribution < -0.4 is 5.73 Å². The molecule has 1 aliphatic heterocycles. The van der Waals surface area contributed by atoms with E-state index in [0.29, 0.717) is 6.42 Å². The maximum Gasteiger partial charge on any atom is 0.222 e. The highest BCUT2D eigenvalue weighted by molar-refractivity contribution is 5.76. The van der Waals surface area contributed by atoms with Gasteiger partial charge in [0.25, 0.3) is 0 Å². The molecule has 17 heavy (non-hydrogen) atoms. The van der Waals surface area contributed by atoms with Crippen LogP contribution in [0.2, 0.25) is 0 Å². The van der Waals surface area contributed by atoms with E-state index in [9.17, 15) is 4.79 Å². The standard InChI is InChI=1S/C13H27N3O/c1-4-7-15-8-10-16(11-9-15)12(17)5-6-13(2,3)14/h4-11,14H2,1-3H3. The lowest BCUT2D eigenvalue weighted by Gasteiger charge is -2.35. The molecule has 0 aromatic carbocycles. The molecule has 0 spiro atoms. The Morgan fingerprint density at radius 1 is 1.24 bits per heavy atom. The van der Waals surface area contributed by atoms with Crippen molar-refractivity contribution in [3.8, 4) is 0 Å². The first kappa shape index (κ1) is 14.5. The molecule has 0 aromatic rings. The highest BCUT2D eigenvalue weighted by Crippen LogP contribution is 2.11. The van der Waals surface area contributed by atoms with Gasteiger partial charge in [-0.1, -0.05) is 6.92 Å². The van der Waals surface area contributed by atoms with Crippen LogP contribution in [0.25, 0.3) is 0 Å². The van der Waals surface area contributed by atoms with E-state index in [4.69, 9.17) is 5.73 Å². The third-order valence-corrected chi connectivity index (χ3v) is 3.25. The lowest BCUT2D eigenvalue weighted by Crippen LogP contribution is -2.49. The molecule has 1 rings (SSSR count). The van der Waals surface area contributed by atoms with Gasteiger partial charge in [0.1, 0.15) is 0 Å². The first-order valence-electron chi connectivity index (χ1n) is 6.71. The molecule has 0 aliphatic carbocycles. The fraction of sp³-hybridized carbons (Fsp3) is 0.923. The molecule has 1 amide bonds. The fourth-order valence-corrected chi connectivity index (χ4v) is 2.12. The number of nitrogens with two attached hydrogens (primary N) is 1. The maximum atomic E-state index is 12.0. The van der Waals surface area contributed by atoms with E-state index in [1.54, 1.807) is 0 Å². The van der Waals surface area contributed by atoms with Gasteiger partial charge in [-0.3, -0.25) is 9.69 Å². The smallest absolute Gasteiger partial charge is 0.222 e. The summed E-state index contributed by atoms with van der Waals surface area (Å²) in [7, 11) is 0. The van der Waals surface area contributed by atoms with Crippen molar-refractivity contribution in [3.63, 3.8) is 0 Å². The van der Waals surface area contributed by atoms with Crippen LogP contribution in [0.1, 0.15) is 40.0 Å². The van der Waals surface area contributed by atoms with Gasteiger partial charge in [-0.25, -0.2) is 0 Å². The maximum absolute atomic E-state index is 12.0. The van der Waals surface area contributed by atoms with Gasteiger partial charge in [0.15, 0.2) is 0 Å². The van der Waals surface area contributed by atoms with Crippen molar-refractivity contribution in [2.45, 2.75) is 45.6 Å². The van der Waals surface area contributed by atoms with Crippen LogP contribution in [0.4, 0.5) is 0 Å². The summed E-state index contributed by atoms with van der Waals surface area (Å²) in [5.41, 5.74) is 5.66. The monoisotopic (exact) mass is 241 g/mol. The molecule has 0 atom stereocenters. The summed E-state index contributed by atoms with van der Waals surface area (Å²) < 4.78 is 0. The third kappa shape index (κ3) is 5.50. The number of nitrogens with zero attached hydrogens (tertiary/aromatic N) is 2. The van der Waals surface area contributed by atoms with Crippen LogP contribution in [0, 0.1) is 0 Å². The second kappa shape index (κ2) is 6.36. The van der Waals surface area contributed by atoms with E-state index >= 15 is 0 Å². The van der Waals surface area contributed by atoms with E-state index in [2.05, 4.69) is 11.8 Å². The minimum Gasteiger partial charge on any atom is -0.340 e. The van der Waals surface area contributed by atoms with Crippen LogP contribution in [0.5, 0.6) is 0 Å². The molecule has 0 unspecified atom stereocenters. The fourth-order valence-electron chi connectivity index (χ4n) is 2.12. The second-order valence-corrected chi connectivity index (χ2v) is 5.71. The van der Waals surface area contributed by atoms with Crippen molar-refractivity contribution < 1.29 is 4.79 Å². The average Bonchev–Trinajstić information content (AvgIpc) is 2.26. The van der Waals surface area contributed by atoms with Gasteiger partial charge in [-0.2, -0.15) is 0 Å². The van der Waals surface area contributed by atoms with Crippen LogP contribution in [-0.2, 0) is 4.79 Å². The van der Waals surface area contributed by atoms with E-state index in [0.717, 1.165) is 39.1 Å². The first-order chi connectivity index (χ1) is 7.92. The molecular weight excluding hydrogens is 214 g/mol. The Balaban J connectivity index is 2.26. The first-order valence-corrected chi connectivity index (χ1v) is 6.71. The zero-order valence-electron chi connectivity index (χ0n) is 11.5. The van der Waals surface area contributed by atoms with Crippen LogP contribution in [0.15, 0.2) is 0 Å². The Hall–Kier alpha value is -0.610. The van der Waals surface area contributed by atoms with Crippen molar-refractivity contribution >= 4 is 5.91 Å². The van der Waals surface area contributed by atoms with Crippen LogP contribution in [0.3, 0.4) is 0 Å². The van der Waals surface area contributed by atoms with Crippen molar-refractivity contribution in [2.24, 2.45) is 5.73 Å². The molecule has 4 heteroatoms. The van der Waals surface area contributed by atoms with E-state index in [1.165, 1.54) is 6.42 Å². The minimum absolute atomic E-state index is 0.236. The summed E-state index contributed by atoms with van der Waals surface area (Å²) in [6.45, 7) is 11.1. The van der Waals surface area contributed by atoms with Crippen LogP contribution in [-0.4, -0.2) is 54.0 Å². The normalized spacial score (nSPS) is 18.5. The summed E-state index contributed by atoms with van der Waals surface area (Å²) in [5, 5.41) is 0. The van der Waals surface area contributed by atoms with Gasteiger partial charge in [0.2, 0.25) is 5.91 Å². The predicted octanol–water partition coefficient (Wildman–Crippen LogP) is 1.06. The Labute approximate surface area is 105 Å². The molecule has 1 saturated heterocycles. The summed E-state index contributed by atoms with van der Waals surface area (Å²) in [5.74, 6) is 0.264. The summed E-state index contributed by atoms with van der Waals surface area (Å²) in [6.07, 6.45) is 2.54. The average molecular weight is 241 g/mol. The van der Waals surface area contributed by atoms with E-state index < -0.39 is 0 Å². The predicted molar refractivity (Wildman–Crippen MR) is 70.8 cm³/mol. The van der Waals surface area contributed by atoms with E-state index in [1.807, 2.05) is 18.7 Å². The van der Waals surface area contributed by atoms with Gasteiger partial charge in [0.05, 0.1) is 0 Å². The summed E-state index contributed by atoms with van der Waals surface area (Å²) in [6, 6.07) is 0. The topological polar surface area (TPSA) is 49.6 Å². The lowest BCUT2D eigenvalue weighted by atomic mass is 9.99. The van der Waals surface area contributed by atoms with E-state index in [-0.39, 0.29) is 11.4 Å². The van der Waals surface area contributed by atoms with Gasteiger partial charge in [0, 0.05) is 38.1 Å². The van der Waals surface area contributed by atoms with Gasteiger partial charge in [-0.05, 0) is 33.2 Å². The number of amides is 1. The Morgan fingerprint density at radius 3 is 2.29 bits per heavy atom. The molecule has 4 nitrogen and oxygen atoms in total. The Kier molecular flexibility index (Phi) is 5.40. The quantitative estimate of drug-likeness (QED) is 0.783. The molecule has 0 bridgehead atoms. The molecule has 0 radical (unpaired) electrons. The van der Waals surface area contributed by atoms with Crippen molar-refractivity contribution in [1.29, 1.82) is 0 Å². The lowest BCUT2D eigenvalue weighted by molar-refractivity contribution is -0.133. The molecule has 2 N–H and O–H groups in total. The molecule has 0 saturated carbocycles. The molecule has 100 valence electrons. The van der Waals surface area contributed by atoms with Crippen molar-refractivity contribution in [2.75, 3.05) is 32.7 Å². The van der Waals surface area contributed by atoms with Gasteiger partial charge in [-0.15, -0.1) is 0 Å². The molecule has 1 heterocycles. The highest BCUT2D eigenvalue weighted by Gasteiger charge is 2.21. The number of carbonyl (C=O) groups excluding carboxylic acids is 1. The molecule has 1 aliphatic rings. The number of rotatable bonds is 5. The van der Waals surface area contributed by atoms with Crippen molar-refractivity contribution in [1.82, 2.24) is 9.80 Å². The highest BCUT2D eigenvalue weighted by atomic mass is 16.2. The number of hydrogen-bond donors (Lipinski definition) is 1. The number of piperazine rings is 1. The third-order valence-electron chi connectivity index (χ3n) is 3.25. The van der Waals surface area contributed by atoms with Crippen molar-refractivity contribution in [3.05, 3.63) is 0 Å². The Bertz CT molecular complexity index is 240. The summed E-state index contributed by atoms with van der Waals surface area (Å²) >= 11 is 0. The van der Waals surface area contributed by atoms with Crippen LogP contribution >= 0.6 is 0 Å². The zero-order valence-corrected chi connectivity index (χ0v) is 11.5. The second-order valence-electron chi connectivity index (χ2n) is 5.71. The molecule has 1 fully saturated rings. The minimum atomic E-state index is -0.236. The number of carbonyl (C=O) groups is 1. The van der Waals surface area contributed by atoms with Gasteiger partial charge < -0.3 is 10.6 Å². The zero-order chi connectivity index (χ0) is 12.9. The number of hydrogen-bond acceptors (Lipinski definition) is 3. The Morgan fingerprint density at radius 2 is 1.82 bits per heavy atom. The molecular formula is C13H27N3O. The SMILES string of the molecule is CCCN1CCN(C(=O)CCC(C)(C)N)CC1. The largest absolute Gasteiger partial charge is 0.340 e. The molecule has 0 aromatic heterocycles.